The lowest BCUT2D eigenvalue weighted by Crippen LogP contribution is -2.02. The van der Waals surface area contributed by atoms with E-state index in [1.165, 1.54) is 30.0 Å². The molecule has 0 amide bonds. The Morgan fingerprint density at radius 1 is 1.06 bits per heavy atom. The largest absolute Gasteiger partial charge is 0.508 e. The Balaban J connectivity index is 2.04. The molecule has 0 heterocycles. The smallest absolute Gasteiger partial charge is 0.176 e. The van der Waals surface area contributed by atoms with Gasteiger partial charge in [0.2, 0.25) is 0 Å². The number of phenols is 2. The van der Waals surface area contributed by atoms with E-state index in [1.54, 1.807) is 0 Å². The Kier molecular flexibility index (Phi) is 3.89. The Bertz CT molecular complexity index is 552. The van der Waals surface area contributed by atoms with Gasteiger partial charge in [-0.3, -0.25) is 4.79 Å². The molecule has 0 saturated carbocycles. The zero-order valence-electron chi connectivity index (χ0n) is 9.54. The number of hydrogen-bond acceptors (Lipinski definition) is 4. The fourth-order valence-electron chi connectivity index (χ4n) is 1.50. The van der Waals surface area contributed by atoms with Crippen molar-refractivity contribution in [3.63, 3.8) is 0 Å². The van der Waals surface area contributed by atoms with Crippen LogP contribution in [0.1, 0.15) is 10.4 Å². The number of thioether (sulfide) groups is 1. The Labute approximate surface area is 109 Å². The third-order valence-corrected chi connectivity index (χ3v) is 3.41. The molecule has 0 aromatic heterocycles. The van der Waals surface area contributed by atoms with Crippen LogP contribution < -0.4 is 0 Å². The van der Waals surface area contributed by atoms with Crippen LogP contribution in [0.5, 0.6) is 11.5 Å². The van der Waals surface area contributed by atoms with Gasteiger partial charge in [-0.2, -0.15) is 0 Å². The lowest BCUT2D eigenvalue weighted by molar-refractivity contribution is 0.102. The minimum absolute atomic E-state index is 0.0558. The summed E-state index contributed by atoms with van der Waals surface area (Å²) in [7, 11) is 0. The highest BCUT2D eigenvalue weighted by molar-refractivity contribution is 8.00. The number of Topliss-reactive ketones (excluding diaryl/α,β-unsaturated/α-hetero) is 1. The van der Waals surface area contributed by atoms with E-state index in [-0.39, 0.29) is 28.6 Å². The average molecular weight is 260 g/mol. The first-order valence-electron chi connectivity index (χ1n) is 5.40. The standard InChI is InChI=1S/C14H12O3S/c15-10-6-7-12(13(16)8-10)14(17)9-18-11-4-2-1-3-5-11/h1-8,15-16H,9H2. The molecule has 2 aromatic rings. The van der Waals surface area contributed by atoms with Crippen molar-refractivity contribution in [3.05, 3.63) is 54.1 Å². The first-order valence-corrected chi connectivity index (χ1v) is 6.38. The number of ketones is 1. The molecule has 92 valence electrons. The molecule has 2 aromatic carbocycles. The van der Waals surface area contributed by atoms with Crippen molar-refractivity contribution in [2.75, 3.05) is 5.75 Å². The molecule has 4 heteroatoms. The van der Waals surface area contributed by atoms with Crippen molar-refractivity contribution in [2.45, 2.75) is 4.90 Å². The van der Waals surface area contributed by atoms with E-state index in [0.29, 0.717) is 0 Å². The van der Waals surface area contributed by atoms with Gasteiger partial charge in [-0.1, -0.05) is 18.2 Å². The van der Waals surface area contributed by atoms with Crippen molar-refractivity contribution >= 4 is 17.5 Å². The number of hydrogen-bond donors (Lipinski definition) is 2. The van der Waals surface area contributed by atoms with E-state index < -0.39 is 0 Å². The number of carbonyl (C=O) groups excluding carboxylic acids is 1. The zero-order valence-corrected chi connectivity index (χ0v) is 10.4. The van der Waals surface area contributed by atoms with Crippen LogP contribution >= 0.6 is 11.8 Å². The molecule has 0 aliphatic carbocycles. The van der Waals surface area contributed by atoms with Gasteiger partial charge >= 0.3 is 0 Å². The Hall–Kier alpha value is -1.94. The van der Waals surface area contributed by atoms with E-state index in [0.717, 1.165) is 4.90 Å². The predicted molar refractivity (Wildman–Crippen MR) is 71.3 cm³/mol. The summed E-state index contributed by atoms with van der Waals surface area (Å²) >= 11 is 1.41. The third-order valence-electron chi connectivity index (χ3n) is 2.39. The van der Waals surface area contributed by atoms with Crippen LogP contribution in [-0.4, -0.2) is 21.7 Å². The number of phenolic OH excluding ortho intramolecular Hbond substituents is 2. The topological polar surface area (TPSA) is 57.5 Å². The predicted octanol–water partition coefficient (Wildman–Crippen LogP) is 3.07. The van der Waals surface area contributed by atoms with Crippen LogP contribution in [0.15, 0.2) is 53.4 Å². The van der Waals surface area contributed by atoms with Gasteiger partial charge in [-0.25, -0.2) is 0 Å². The van der Waals surface area contributed by atoms with Crippen LogP contribution in [0.2, 0.25) is 0 Å². The number of carbonyl (C=O) groups is 1. The van der Waals surface area contributed by atoms with Crippen LogP contribution in [0, 0.1) is 0 Å². The van der Waals surface area contributed by atoms with E-state index in [1.807, 2.05) is 30.3 Å². The molecule has 0 atom stereocenters. The fourth-order valence-corrected chi connectivity index (χ4v) is 2.30. The van der Waals surface area contributed by atoms with Crippen LogP contribution in [0.3, 0.4) is 0 Å². The van der Waals surface area contributed by atoms with Crippen molar-refractivity contribution in [3.8, 4) is 11.5 Å². The molecular weight excluding hydrogens is 248 g/mol. The lowest BCUT2D eigenvalue weighted by atomic mass is 10.1. The molecular formula is C14H12O3S. The SMILES string of the molecule is O=C(CSc1ccccc1)c1ccc(O)cc1O. The summed E-state index contributed by atoms with van der Waals surface area (Å²) in [5.74, 6) is -0.155. The third kappa shape index (κ3) is 3.05. The van der Waals surface area contributed by atoms with Gasteiger partial charge in [-0.15, -0.1) is 11.8 Å². The fraction of sp³-hybridized carbons (Fsp3) is 0.0714. The van der Waals surface area contributed by atoms with Crippen molar-refractivity contribution in [1.29, 1.82) is 0 Å². The second-order valence-electron chi connectivity index (χ2n) is 3.73. The molecule has 18 heavy (non-hydrogen) atoms. The van der Waals surface area contributed by atoms with Crippen molar-refractivity contribution in [2.24, 2.45) is 0 Å². The quantitative estimate of drug-likeness (QED) is 0.655. The molecule has 0 unspecified atom stereocenters. The number of aromatic hydroxyl groups is 2. The summed E-state index contributed by atoms with van der Waals surface area (Å²) in [6.07, 6.45) is 0. The normalized spacial score (nSPS) is 10.2. The maximum absolute atomic E-state index is 11.9. The molecule has 0 spiro atoms. The summed E-state index contributed by atoms with van der Waals surface area (Å²) < 4.78 is 0. The van der Waals surface area contributed by atoms with Gasteiger partial charge in [-0.05, 0) is 24.3 Å². The van der Waals surface area contributed by atoms with Gasteiger partial charge in [0.25, 0.3) is 0 Å². The molecule has 0 aliphatic heterocycles. The van der Waals surface area contributed by atoms with Crippen LogP contribution in [-0.2, 0) is 0 Å². The highest BCUT2D eigenvalue weighted by atomic mass is 32.2. The molecule has 0 aliphatic rings. The molecule has 0 saturated heterocycles. The highest BCUT2D eigenvalue weighted by Gasteiger charge is 2.11. The van der Waals surface area contributed by atoms with Crippen molar-refractivity contribution in [1.82, 2.24) is 0 Å². The second kappa shape index (κ2) is 5.60. The zero-order chi connectivity index (χ0) is 13.0. The van der Waals surface area contributed by atoms with E-state index in [4.69, 9.17) is 5.11 Å². The van der Waals surface area contributed by atoms with Crippen LogP contribution in [0.25, 0.3) is 0 Å². The molecule has 2 N–H and O–H groups in total. The maximum atomic E-state index is 11.9. The first kappa shape index (κ1) is 12.5. The molecule has 0 radical (unpaired) electrons. The highest BCUT2D eigenvalue weighted by Crippen LogP contribution is 2.25. The summed E-state index contributed by atoms with van der Waals surface area (Å²) in [6, 6.07) is 13.6. The molecule has 3 nitrogen and oxygen atoms in total. The van der Waals surface area contributed by atoms with E-state index in [9.17, 15) is 9.90 Å². The lowest BCUT2D eigenvalue weighted by Gasteiger charge is -2.04. The molecule has 2 rings (SSSR count). The van der Waals surface area contributed by atoms with Crippen molar-refractivity contribution < 1.29 is 15.0 Å². The monoisotopic (exact) mass is 260 g/mol. The summed E-state index contributed by atoms with van der Waals surface area (Å²) in [5, 5.41) is 18.7. The van der Waals surface area contributed by atoms with E-state index >= 15 is 0 Å². The van der Waals surface area contributed by atoms with Crippen LogP contribution in [0.4, 0.5) is 0 Å². The van der Waals surface area contributed by atoms with Gasteiger partial charge < -0.3 is 10.2 Å². The summed E-state index contributed by atoms with van der Waals surface area (Å²) in [4.78, 5) is 12.9. The Morgan fingerprint density at radius 2 is 1.78 bits per heavy atom. The van der Waals surface area contributed by atoms with Gasteiger partial charge in [0.05, 0.1) is 11.3 Å². The molecule has 0 bridgehead atoms. The minimum Gasteiger partial charge on any atom is -0.508 e. The average Bonchev–Trinajstić information content (AvgIpc) is 2.37. The summed E-state index contributed by atoms with van der Waals surface area (Å²) in [6.45, 7) is 0. The minimum atomic E-state index is -0.186. The van der Waals surface area contributed by atoms with Gasteiger partial charge in [0.1, 0.15) is 11.5 Å². The second-order valence-corrected chi connectivity index (χ2v) is 4.78. The maximum Gasteiger partial charge on any atom is 0.176 e. The Morgan fingerprint density at radius 3 is 2.44 bits per heavy atom. The summed E-state index contributed by atoms with van der Waals surface area (Å²) in [5.41, 5.74) is 0.233. The molecule has 0 fully saturated rings. The number of benzene rings is 2. The number of rotatable bonds is 4. The van der Waals surface area contributed by atoms with Gasteiger partial charge in [0, 0.05) is 11.0 Å². The van der Waals surface area contributed by atoms with Gasteiger partial charge in [0.15, 0.2) is 5.78 Å². The first-order chi connectivity index (χ1) is 8.66. The van der Waals surface area contributed by atoms with E-state index in [2.05, 4.69) is 0 Å².